The van der Waals surface area contributed by atoms with E-state index in [1.807, 2.05) is 13.0 Å². The maximum absolute atomic E-state index is 5.28. The molecule has 0 saturated carbocycles. The van der Waals surface area contributed by atoms with E-state index in [9.17, 15) is 0 Å². The van der Waals surface area contributed by atoms with Gasteiger partial charge in [0.05, 0.1) is 19.4 Å². The lowest BCUT2D eigenvalue weighted by molar-refractivity contribution is 0.360. The van der Waals surface area contributed by atoms with Crippen LogP contribution in [0.25, 0.3) is 0 Å². The van der Waals surface area contributed by atoms with E-state index in [-0.39, 0.29) is 0 Å². The van der Waals surface area contributed by atoms with Crippen molar-refractivity contribution < 1.29 is 8.94 Å². The van der Waals surface area contributed by atoms with Crippen LogP contribution in [0.5, 0.6) is 0 Å². The van der Waals surface area contributed by atoms with Gasteiger partial charge < -0.3 is 14.3 Å². The van der Waals surface area contributed by atoms with Crippen LogP contribution in [0, 0.1) is 13.8 Å². The first-order chi connectivity index (χ1) is 7.25. The minimum atomic E-state index is 0.557. The number of furan rings is 1. The molecule has 0 spiro atoms. The summed E-state index contributed by atoms with van der Waals surface area (Å²) in [6, 6.07) is 1.94. The van der Waals surface area contributed by atoms with Gasteiger partial charge in [-0.2, -0.15) is 4.98 Å². The van der Waals surface area contributed by atoms with Gasteiger partial charge in [0.25, 0.3) is 0 Å². The van der Waals surface area contributed by atoms with Crippen LogP contribution in [-0.2, 0) is 13.1 Å². The second-order valence-electron chi connectivity index (χ2n) is 3.37. The Bertz CT molecular complexity index is 433. The Hall–Kier alpha value is -1.62. The van der Waals surface area contributed by atoms with E-state index in [2.05, 4.69) is 15.5 Å². The van der Waals surface area contributed by atoms with Crippen molar-refractivity contribution in [3.8, 4) is 0 Å². The van der Waals surface area contributed by atoms with Crippen LogP contribution in [0.2, 0.25) is 0 Å². The van der Waals surface area contributed by atoms with Crippen LogP contribution in [0.4, 0.5) is 0 Å². The molecule has 0 aliphatic heterocycles. The van der Waals surface area contributed by atoms with Crippen LogP contribution >= 0.6 is 0 Å². The van der Waals surface area contributed by atoms with Gasteiger partial charge in [0, 0.05) is 0 Å². The Morgan fingerprint density at radius 3 is 2.80 bits per heavy atom. The molecule has 0 aromatic carbocycles. The van der Waals surface area contributed by atoms with Gasteiger partial charge >= 0.3 is 0 Å². The largest absolute Gasteiger partial charge is 0.468 e. The fraction of sp³-hybridized carbons (Fsp3) is 0.400. The van der Waals surface area contributed by atoms with Crippen molar-refractivity contribution >= 4 is 0 Å². The third-order valence-corrected chi connectivity index (χ3v) is 2.10. The fourth-order valence-corrected chi connectivity index (χ4v) is 1.28. The van der Waals surface area contributed by atoms with E-state index in [4.69, 9.17) is 8.94 Å². The smallest absolute Gasteiger partial charge is 0.240 e. The number of rotatable bonds is 4. The summed E-state index contributed by atoms with van der Waals surface area (Å²) in [7, 11) is 0. The Balaban J connectivity index is 1.83. The predicted molar refractivity (Wildman–Crippen MR) is 53.0 cm³/mol. The Labute approximate surface area is 87.5 Å². The minimum Gasteiger partial charge on any atom is -0.468 e. The molecule has 0 fully saturated rings. The standard InChI is InChI=1S/C10H13N3O2/c1-7-3-4-14-9(7)5-11-6-10-12-8(2)13-15-10/h3-4,11H,5-6H2,1-2H3. The number of hydrogen-bond donors (Lipinski definition) is 1. The molecule has 80 valence electrons. The molecule has 15 heavy (non-hydrogen) atoms. The van der Waals surface area contributed by atoms with Crippen molar-refractivity contribution in [2.75, 3.05) is 0 Å². The van der Waals surface area contributed by atoms with Crippen LogP contribution in [0.1, 0.15) is 23.0 Å². The molecule has 0 amide bonds. The van der Waals surface area contributed by atoms with Crippen molar-refractivity contribution in [2.24, 2.45) is 0 Å². The molecule has 0 unspecified atom stereocenters. The summed E-state index contributed by atoms with van der Waals surface area (Å²) in [4.78, 5) is 4.08. The fourth-order valence-electron chi connectivity index (χ4n) is 1.28. The first kappa shape index (κ1) is 9.92. The Morgan fingerprint density at radius 2 is 2.20 bits per heavy atom. The molecule has 2 aromatic rings. The van der Waals surface area contributed by atoms with Gasteiger partial charge in [-0.25, -0.2) is 0 Å². The van der Waals surface area contributed by atoms with E-state index in [0.29, 0.717) is 24.8 Å². The zero-order valence-electron chi connectivity index (χ0n) is 8.78. The van der Waals surface area contributed by atoms with Crippen LogP contribution < -0.4 is 5.32 Å². The first-order valence-corrected chi connectivity index (χ1v) is 4.78. The molecular formula is C10H13N3O2. The summed E-state index contributed by atoms with van der Waals surface area (Å²) in [5.74, 6) is 2.18. The highest BCUT2D eigenvalue weighted by Crippen LogP contribution is 2.08. The van der Waals surface area contributed by atoms with E-state index in [0.717, 1.165) is 11.3 Å². The van der Waals surface area contributed by atoms with E-state index < -0.39 is 0 Å². The maximum Gasteiger partial charge on any atom is 0.240 e. The van der Waals surface area contributed by atoms with Crippen LogP contribution in [0.15, 0.2) is 21.3 Å². The molecule has 0 bridgehead atoms. The summed E-state index contributed by atoms with van der Waals surface area (Å²) in [6.07, 6.45) is 1.68. The van der Waals surface area contributed by atoms with Gasteiger partial charge in [-0.15, -0.1) is 0 Å². The van der Waals surface area contributed by atoms with Crippen LogP contribution in [0.3, 0.4) is 0 Å². The maximum atomic E-state index is 5.28. The normalized spacial score (nSPS) is 10.8. The molecule has 0 aliphatic rings. The molecule has 0 atom stereocenters. The Kier molecular flexibility index (Phi) is 2.82. The van der Waals surface area contributed by atoms with Crippen molar-refractivity contribution in [3.63, 3.8) is 0 Å². The van der Waals surface area contributed by atoms with E-state index in [1.165, 1.54) is 0 Å². The van der Waals surface area contributed by atoms with Crippen molar-refractivity contribution in [1.29, 1.82) is 0 Å². The van der Waals surface area contributed by atoms with Gasteiger partial charge in [0.2, 0.25) is 5.89 Å². The topological polar surface area (TPSA) is 64.1 Å². The minimum absolute atomic E-state index is 0.557. The highest BCUT2D eigenvalue weighted by molar-refractivity contribution is 5.14. The number of nitrogens with one attached hydrogen (secondary N) is 1. The van der Waals surface area contributed by atoms with Gasteiger partial charge in [-0.3, -0.25) is 0 Å². The highest BCUT2D eigenvalue weighted by Gasteiger charge is 2.04. The molecule has 0 radical (unpaired) electrons. The number of nitrogens with zero attached hydrogens (tertiary/aromatic N) is 2. The Morgan fingerprint density at radius 1 is 1.33 bits per heavy atom. The lowest BCUT2D eigenvalue weighted by Gasteiger charge is -1.99. The molecule has 1 N–H and O–H groups in total. The van der Waals surface area contributed by atoms with Crippen molar-refractivity contribution in [2.45, 2.75) is 26.9 Å². The number of aryl methyl sites for hydroxylation is 2. The molecule has 2 heterocycles. The number of aromatic nitrogens is 2. The third-order valence-electron chi connectivity index (χ3n) is 2.10. The summed E-state index contributed by atoms with van der Waals surface area (Å²) in [6.45, 7) is 5.03. The SMILES string of the molecule is Cc1noc(CNCc2occc2C)n1. The van der Waals surface area contributed by atoms with Crippen molar-refractivity contribution in [3.05, 3.63) is 35.4 Å². The lowest BCUT2D eigenvalue weighted by atomic mass is 10.3. The van der Waals surface area contributed by atoms with E-state index >= 15 is 0 Å². The second-order valence-corrected chi connectivity index (χ2v) is 3.37. The van der Waals surface area contributed by atoms with Gasteiger partial charge in [-0.05, 0) is 25.5 Å². The average Bonchev–Trinajstić information content (AvgIpc) is 2.77. The molecule has 5 nitrogen and oxygen atoms in total. The zero-order chi connectivity index (χ0) is 10.7. The summed E-state index contributed by atoms with van der Waals surface area (Å²) >= 11 is 0. The van der Waals surface area contributed by atoms with Gasteiger partial charge in [0.15, 0.2) is 5.82 Å². The lowest BCUT2D eigenvalue weighted by Crippen LogP contribution is -2.13. The molecular weight excluding hydrogens is 194 g/mol. The molecule has 2 aromatic heterocycles. The monoisotopic (exact) mass is 207 g/mol. The highest BCUT2D eigenvalue weighted by atomic mass is 16.5. The summed E-state index contributed by atoms with van der Waals surface area (Å²) in [5, 5.41) is 6.87. The van der Waals surface area contributed by atoms with Crippen molar-refractivity contribution in [1.82, 2.24) is 15.5 Å². The molecule has 0 saturated heterocycles. The summed E-state index contributed by atoms with van der Waals surface area (Å²) < 4.78 is 10.2. The molecule has 2 rings (SSSR count). The average molecular weight is 207 g/mol. The zero-order valence-corrected chi connectivity index (χ0v) is 8.78. The second kappa shape index (κ2) is 4.27. The molecule has 5 heteroatoms. The van der Waals surface area contributed by atoms with Crippen LogP contribution in [-0.4, -0.2) is 10.1 Å². The van der Waals surface area contributed by atoms with Gasteiger partial charge in [0.1, 0.15) is 5.76 Å². The quantitative estimate of drug-likeness (QED) is 0.824. The van der Waals surface area contributed by atoms with Gasteiger partial charge in [-0.1, -0.05) is 5.16 Å². The predicted octanol–water partition coefficient (Wildman–Crippen LogP) is 1.57. The summed E-state index contributed by atoms with van der Waals surface area (Å²) in [5.41, 5.74) is 1.14. The van der Waals surface area contributed by atoms with E-state index in [1.54, 1.807) is 13.2 Å². The first-order valence-electron chi connectivity index (χ1n) is 4.78. The third kappa shape index (κ3) is 2.44. The number of hydrogen-bond acceptors (Lipinski definition) is 5. The molecule has 0 aliphatic carbocycles.